The first kappa shape index (κ1) is 17.0. The van der Waals surface area contributed by atoms with Crippen molar-refractivity contribution in [1.29, 1.82) is 0 Å². The van der Waals surface area contributed by atoms with Gasteiger partial charge in [0.1, 0.15) is 11.4 Å². The van der Waals surface area contributed by atoms with Crippen molar-refractivity contribution in [3.63, 3.8) is 0 Å². The third kappa shape index (κ3) is 2.76. The summed E-state index contributed by atoms with van der Waals surface area (Å²) in [7, 11) is 2.74. The van der Waals surface area contributed by atoms with Crippen molar-refractivity contribution >= 4 is 28.9 Å². The molecule has 1 unspecified atom stereocenters. The number of nitrogens with zero attached hydrogens (tertiary/aromatic N) is 4. The first-order chi connectivity index (χ1) is 11.8. The Morgan fingerprint density at radius 2 is 1.96 bits per heavy atom. The molecule has 0 saturated heterocycles. The molecule has 2 N–H and O–H groups in total. The number of nitrogen functional groups attached to an aromatic ring is 1. The number of hydrogen-bond acceptors (Lipinski definition) is 6. The summed E-state index contributed by atoms with van der Waals surface area (Å²) in [6.07, 6.45) is 3.56. The molecule has 8 nitrogen and oxygen atoms in total. The largest absolute Gasteiger partial charge is 0.384 e. The van der Waals surface area contributed by atoms with E-state index in [0.717, 1.165) is 14.7 Å². The van der Waals surface area contributed by atoms with E-state index in [0.29, 0.717) is 5.16 Å². The van der Waals surface area contributed by atoms with Gasteiger partial charge in [0.05, 0.1) is 17.0 Å². The molecule has 0 aliphatic carbocycles. The Balaban J connectivity index is 1.99. The number of hydrogen-bond donors (Lipinski definition) is 1. The van der Waals surface area contributed by atoms with Crippen LogP contribution in [0.25, 0.3) is 5.52 Å². The number of aromatic nitrogens is 4. The molecule has 3 aromatic rings. The van der Waals surface area contributed by atoms with Crippen LogP contribution in [0, 0.1) is 0 Å². The summed E-state index contributed by atoms with van der Waals surface area (Å²) in [6, 6.07) is 5.67. The van der Waals surface area contributed by atoms with Gasteiger partial charge in [0.2, 0.25) is 0 Å². The molecule has 0 bridgehead atoms. The summed E-state index contributed by atoms with van der Waals surface area (Å²) in [5.74, 6) is -0.565. The van der Waals surface area contributed by atoms with Gasteiger partial charge >= 0.3 is 5.69 Å². The molecule has 0 radical (unpaired) electrons. The summed E-state index contributed by atoms with van der Waals surface area (Å²) in [5.41, 5.74) is 5.32. The van der Waals surface area contributed by atoms with E-state index >= 15 is 0 Å². The molecular weight excluding hydrogens is 342 g/mol. The third-order valence-corrected chi connectivity index (χ3v) is 5.09. The van der Waals surface area contributed by atoms with Gasteiger partial charge in [0.25, 0.3) is 5.56 Å². The quantitative estimate of drug-likeness (QED) is 0.542. The lowest BCUT2D eigenvalue weighted by atomic mass is 10.1. The Hall–Kier alpha value is -2.81. The van der Waals surface area contributed by atoms with Crippen LogP contribution in [0.4, 0.5) is 5.82 Å². The molecule has 3 heterocycles. The molecule has 0 aliphatic rings. The Morgan fingerprint density at radius 3 is 2.68 bits per heavy atom. The van der Waals surface area contributed by atoms with E-state index in [2.05, 4.69) is 4.98 Å². The van der Waals surface area contributed by atoms with Gasteiger partial charge in [-0.25, -0.2) is 9.78 Å². The smallest absolute Gasteiger partial charge is 0.332 e. The molecular formula is C16H17N5O3S. The molecule has 0 amide bonds. The highest BCUT2D eigenvalue weighted by molar-refractivity contribution is 8.00. The molecule has 1 atom stereocenters. The first-order valence-corrected chi connectivity index (χ1v) is 8.39. The Bertz CT molecular complexity index is 1100. The van der Waals surface area contributed by atoms with E-state index < -0.39 is 22.3 Å². The second kappa shape index (κ2) is 6.25. The SMILES string of the molecule is CC(Sc1ncc2ccccn12)C(=O)c1c(N)n(C)c(=O)n(C)c1=O. The van der Waals surface area contributed by atoms with Crippen LogP contribution < -0.4 is 17.0 Å². The van der Waals surface area contributed by atoms with Gasteiger partial charge in [-0.3, -0.25) is 23.1 Å². The van der Waals surface area contributed by atoms with Gasteiger partial charge in [-0.2, -0.15) is 0 Å². The summed E-state index contributed by atoms with van der Waals surface area (Å²) < 4.78 is 3.83. The fraction of sp³-hybridized carbons (Fsp3) is 0.250. The molecule has 0 aromatic carbocycles. The Kier molecular flexibility index (Phi) is 4.25. The lowest BCUT2D eigenvalue weighted by molar-refractivity contribution is 0.0992. The number of fused-ring (bicyclic) bond motifs is 1. The number of carbonyl (C=O) groups excluding carboxylic acids is 1. The number of carbonyl (C=O) groups is 1. The predicted octanol–water partition coefficient (Wildman–Crippen LogP) is 0.677. The average Bonchev–Trinajstić information content (AvgIpc) is 3.01. The number of anilines is 1. The van der Waals surface area contributed by atoms with Crippen LogP contribution >= 0.6 is 11.8 Å². The third-order valence-electron chi connectivity index (χ3n) is 4.01. The molecule has 3 aromatic heterocycles. The van der Waals surface area contributed by atoms with Gasteiger partial charge in [-0.15, -0.1) is 0 Å². The van der Waals surface area contributed by atoms with Crippen LogP contribution in [0.5, 0.6) is 0 Å². The highest BCUT2D eigenvalue weighted by atomic mass is 32.2. The average molecular weight is 359 g/mol. The minimum absolute atomic E-state index is 0.126. The molecule has 3 rings (SSSR count). The zero-order valence-corrected chi connectivity index (χ0v) is 14.8. The number of pyridine rings is 1. The van der Waals surface area contributed by atoms with Crippen LogP contribution in [0.1, 0.15) is 17.3 Å². The maximum absolute atomic E-state index is 12.8. The van der Waals surface area contributed by atoms with Crippen molar-refractivity contribution in [3.05, 3.63) is 57.0 Å². The normalized spacial score (nSPS) is 12.4. The topological polar surface area (TPSA) is 104 Å². The van der Waals surface area contributed by atoms with Crippen molar-refractivity contribution in [1.82, 2.24) is 18.5 Å². The van der Waals surface area contributed by atoms with Crippen molar-refractivity contribution in [2.24, 2.45) is 14.1 Å². The Morgan fingerprint density at radius 1 is 1.24 bits per heavy atom. The lowest BCUT2D eigenvalue weighted by Crippen LogP contribution is -2.42. The number of thioether (sulfide) groups is 1. The van der Waals surface area contributed by atoms with E-state index in [1.807, 2.05) is 28.8 Å². The zero-order valence-electron chi connectivity index (χ0n) is 14.0. The van der Waals surface area contributed by atoms with E-state index in [9.17, 15) is 14.4 Å². The minimum Gasteiger partial charge on any atom is -0.384 e. The maximum Gasteiger partial charge on any atom is 0.332 e. The molecule has 9 heteroatoms. The second-order valence-corrected chi connectivity index (χ2v) is 6.93. The van der Waals surface area contributed by atoms with Crippen LogP contribution in [0.2, 0.25) is 0 Å². The lowest BCUT2D eigenvalue weighted by Gasteiger charge is -2.14. The molecule has 25 heavy (non-hydrogen) atoms. The first-order valence-electron chi connectivity index (χ1n) is 7.51. The number of imidazole rings is 1. The summed E-state index contributed by atoms with van der Waals surface area (Å²) in [6.45, 7) is 1.68. The van der Waals surface area contributed by atoms with Crippen LogP contribution in [-0.4, -0.2) is 29.6 Å². The maximum atomic E-state index is 12.8. The number of Topliss-reactive ketones (excluding diaryl/α,β-unsaturated/α-hetero) is 1. The van der Waals surface area contributed by atoms with Crippen molar-refractivity contribution in [2.45, 2.75) is 17.3 Å². The number of ketones is 1. The molecule has 130 valence electrons. The molecule has 0 aliphatic heterocycles. The van der Waals surface area contributed by atoms with E-state index in [-0.39, 0.29) is 11.4 Å². The van der Waals surface area contributed by atoms with Gasteiger partial charge in [0, 0.05) is 20.3 Å². The van der Waals surface area contributed by atoms with Gasteiger partial charge in [-0.1, -0.05) is 17.8 Å². The standard InChI is InChI=1S/C16H17N5O3S/c1-9(25-15-18-8-10-6-4-5-7-21(10)15)12(22)11-13(17)19(2)16(24)20(3)14(11)23/h4-9H,17H2,1-3H3. The van der Waals surface area contributed by atoms with Crippen molar-refractivity contribution in [3.8, 4) is 0 Å². The fourth-order valence-corrected chi connectivity index (χ4v) is 3.45. The predicted molar refractivity (Wildman–Crippen MR) is 96.2 cm³/mol. The van der Waals surface area contributed by atoms with Crippen molar-refractivity contribution in [2.75, 3.05) is 5.73 Å². The van der Waals surface area contributed by atoms with Gasteiger partial charge in [0.15, 0.2) is 10.9 Å². The van der Waals surface area contributed by atoms with Gasteiger partial charge in [-0.05, 0) is 19.1 Å². The van der Waals surface area contributed by atoms with E-state index in [1.54, 1.807) is 13.1 Å². The number of nitrogens with two attached hydrogens (primary N) is 1. The molecule has 0 saturated carbocycles. The Labute approximate surface area is 146 Å². The fourth-order valence-electron chi connectivity index (χ4n) is 2.51. The monoisotopic (exact) mass is 359 g/mol. The number of rotatable bonds is 4. The van der Waals surface area contributed by atoms with Crippen LogP contribution in [0.15, 0.2) is 45.3 Å². The highest BCUT2D eigenvalue weighted by Gasteiger charge is 2.26. The summed E-state index contributed by atoms with van der Waals surface area (Å²) >= 11 is 1.23. The second-order valence-electron chi connectivity index (χ2n) is 5.63. The molecule has 0 fully saturated rings. The van der Waals surface area contributed by atoms with E-state index in [4.69, 9.17) is 5.73 Å². The summed E-state index contributed by atoms with van der Waals surface area (Å²) in [4.78, 5) is 41.3. The summed E-state index contributed by atoms with van der Waals surface area (Å²) in [5, 5.41) is 0.0370. The van der Waals surface area contributed by atoms with Crippen LogP contribution in [0.3, 0.4) is 0 Å². The minimum atomic E-state index is -0.689. The highest BCUT2D eigenvalue weighted by Crippen LogP contribution is 2.25. The van der Waals surface area contributed by atoms with Crippen LogP contribution in [-0.2, 0) is 14.1 Å². The van der Waals surface area contributed by atoms with Crippen molar-refractivity contribution < 1.29 is 4.79 Å². The zero-order chi connectivity index (χ0) is 18.3. The van der Waals surface area contributed by atoms with E-state index in [1.165, 1.54) is 25.9 Å². The van der Waals surface area contributed by atoms with Gasteiger partial charge < -0.3 is 5.73 Å². The molecule has 0 spiro atoms.